The van der Waals surface area contributed by atoms with E-state index in [-0.39, 0.29) is 17.5 Å². The molecule has 0 bridgehead atoms. The van der Waals surface area contributed by atoms with Crippen LogP contribution in [-0.2, 0) is 0 Å². The number of ether oxygens (including phenoxy) is 2. The number of halogens is 1. The third-order valence-electron chi connectivity index (χ3n) is 2.74. The van der Waals surface area contributed by atoms with E-state index in [9.17, 15) is 4.79 Å². The lowest BCUT2D eigenvalue weighted by Crippen LogP contribution is -2.23. The largest absolute Gasteiger partial charge is 0.497 e. The molecule has 1 aromatic heterocycles. The van der Waals surface area contributed by atoms with Crippen molar-refractivity contribution in [1.82, 2.24) is 9.55 Å². The van der Waals surface area contributed by atoms with Crippen molar-refractivity contribution in [3.8, 4) is 17.4 Å². The van der Waals surface area contributed by atoms with Crippen molar-refractivity contribution in [1.29, 1.82) is 0 Å². The molecule has 0 fully saturated rings. The number of hydrogen-bond acceptors (Lipinski definition) is 4. The average molecular weight is 339 g/mol. The van der Waals surface area contributed by atoms with Gasteiger partial charge in [-0.15, -0.1) is 0 Å². The average Bonchev–Trinajstić information content (AvgIpc) is 2.42. The molecule has 1 aromatic carbocycles. The summed E-state index contributed by atoms with van der Waals surface area (Å²) in [5, 5.41) is 0. The molecule has 0 atom stereocenters. The maximum absolute atomic E-state index is 12.2. The van der Waals surface area contributed by atoms with Crippen LogP contribution in [0.4, 0.5) is 0 Å². The van der Waals surface area contributed by atoms with Crippen molar-refractivity contribution in [3.63, 3.8) is 0 Å². The molecule has 0 aliphatic rings. The van der Waals surface area contributed by atoms with E-state index in [4.69, 9.17) is 9.47 Å². The van der Waals surface area contributed by atoms with E-state index in [2.05, 4.69) is 20.9 Å². The van der Waals surface area contributed by atoms with Gasteiger partial charge in [0.1, 0.15) is 11.5 Å². The summed E-state index contributed by atoms with van der Waals surface area (Å²) in [7, 11) is 1.59. The van der Waals surface area contributed by atoms with Gasteiger partial charge in [0.05, 0.1) is 11.6 Å². The zero-order chi connectivity index (χ0) is 14.7. The first-order valence-corrected chi connectivity index (χ1v) is 6.90. The monoisotopic (exact) mass is 338 g/mol. The second kappa shape index (κ2) is 6.09. The minimum atomic E-state index is -0.259. The molecule has 2 aromatic rings. The van der Waals surface area contributed by atoms with Crippen LogP contribution < -0.4 is 15.0 Å². The first-order valence-electron chi connectivity index (χ1n) is 6.11. The van der Waals surface area contributed by atoms with Crippen LogP contribution in [0.5, 0.6) is 17.4 Å². The molecule has 2 rings (SSSR count). The molecule has 0 unspecified atom stereocenters. The van der Waals surface area contributed by atoms with E-state index >= 15 is 0 Å². The van der Waals surface area contributed by atoms with Crippen molar-refractivity contribution < 1.29 is 9.47 Å². The summed E-state index contributed by atoms with van der Waals surface area (Å²) in [4.78, 5) is 16.2. The maximum atomic E-state index is 12.2. The van der Waals surface area contributed by atoms with Crippen LogP contribution in [-0.4, -0.2) is 16.7 Å². The Balaban J connectivity index is 2.36. The standard InChI is InChI=1S/C14H15BrN2O3/c1-9(2)17-7-6-16-13(14(17)18)20-12-5-4-10(19-3)8-11(12)15/h4-9H,1-3H3. The molecule has 0 radical (unpaired) electrons. The predicted molar refractivity (Wildman–Crippen MR) is 79.7 cm³/mol. The third kappa shape index (κ3) is 3.01. The van der Waals surface area contributed by atoms with Crippen LogP contribution in [0.3, 0.4) is 0 Å². The van der Waals surface area contributed by atoms with Crippen LogP contribution in [0.2, 0.25) is 0 Å². The van der Waals surface area contributed by atoms with Crippen molar-refractivity contribution in [2.75, 3.05) is 7.11 Å². The van der Waals surface area contributed by atoms with E-state index < -0.39 is 0 Å². The molecule has 0 saturated carbocycles. The Bertz CT molecular complexity index is 668. The van der Waals surface area contributed by atoms with Gasteiger partial charge in [-0.3, -0.25) is 4.79 Å². The van der Waals surface area contributed by atoms with Gasteiger partial charge in [-0.05, 0) is 48.0 Å². The number of benzene rings is 1. The zero-order valence-electron chi connectivity index (χ0n) is 11.5. The van der Waals surface area contributed by atoms with Crippen molar-refractivity contribution in [3.05, 3.63) is 45.4 Å². The van der Waals surface area contributed by atoms with Gasteiger partial charge >= 0.3 is 5.56 Å². The molecular weight excluding hydrogens is 324 g/mol. The normalized spacial score (nSPS) is 10.7. The summed E-state index contributed by atoms with van der Waals surface area (Å²) in [5.41, 5.74) is -0.259. The minimum Gasteiger partial charge on any atom is -0.497 e. The van der Waals surface area contributed by atoms with E-state index in [1.807, 2.05) is 13.8 Å². The highest BCUT2D eigenvalue weighted by Gasteiger charge is 2.11. The Morgan fingerprint density at radius 3 is 2.70 bits per heavy atom. The number of rotatable bonds is 4. The van der Waals surface area contributed by atoms with Gasteiger partial charge in [0.2, 0.25) is 0 Å². The van der Waals surface area contributed by atoms with Crippen LogP contribution in [0.25, 0.3) is 0 Å². The summed E-state index contributed by atoms with van der Waals surface area (Å²) in [6.07, 6.45) is 3.19. The van der Waals surface area contributed by atoms with Crippen molar-refractivity contribution >= 4 is 15.9 Å². The number of hydrogen-bond donors (Lipinski definition) is 0. The van der Waals surface area contributed by atoms with Gasteiger partial charge in [-0.1, -0.05) is 0 Å². The third-order valence-corrected chi connectivity index (χ3v) is 3.36. The van der Waals surface area contributed by atoms with Crippen LogP contribution in [0, 0.1) is 0 Å². The molecular formula is C14H15BrN2O3. The van der Waals surface area contributed by atoms with E-state index in [0.29, 0.717) is 16.0 Å². The predicted octanol–water partition coefficient (Wildman–Crippen LogP) is 3.39. The lowest BCUT2D eigenvalue weighted by molar-refractivity contribution is 0.409. The summed E-state index contributed by atoms with van der Waals surface area (Å²) in [5.74, 6) is 1.26. The van der Waals surface area contributed by atoms with Crippen molar-refractivity contribution in [2.45, 2.75) is 19.9 Å². The number of methoxy groups -OCH3 is 1. The lowest BCUT2D eigenvalue weighted by atomic mass is 10.3. The summed E-state index contributed by atoms with van der Waals surface area (Å²) >= 11 is 3.38. The molecule has 5 nitrogen and oxygen atoms in total. The Morgan fingerprint density at radius 2 is 2.10 bits per heavy atom. The molecule has 0 saturated heterocycles. The molecule has 0 aliphatic heterocycles. The molecule has 0 spiro atoms. The Kier molecular flexibility index (Phi) is 4.44. The Labute approximate surface area is 125 Å². The fourth-order valence-electron chi connectivity index (χ4n) is 1.68. The smallest absolute Gasteiger partial charge is 0.313 e. The Morgan fingerprint density at radius 1 is 1.35 bits per heavy atom. The summed E-state index contributed by atoms with van der Waals surface area (Å²) in [6.45, 7) is 3.85. The Hall–Kier alpha value is -1.82. The molecule has 20 heavy (non-hydrogen) atoms. The number of nitrogens with zero attached hydrogens (tertiary/aromatic N) is 2. The lowest BCUT2D eigenvalue weighted by Gasteiger charge is -2.12. The quantitative estimate of drug-likeness (QED) is 0.857. The fourth-order valence-corrected chi connectivity index (χ4v) is 2.12. The first kappa shape index (κ1) is 14.6. The van der Waals surface area contributed by atoms with Gasteiger partial charge in [-0.2, -0.15) is 0 Å². The molecule has 0 amide bonds. The topological polar surface area (TPSA) is 53.4 Å². The van der Waals surface area contributed by atoms with Gasteiger partial charge in [-0.25, -0.2) is 4.98 Å². The second-order valence-electron chi connectivity index (χ2n) is 4.44. The van der Waals surface area contributed by atoms with Gasteiger partial charge < -0.3 is 14.0 Å². The van der Waals surface area contributed by atoms with E-state index in [1.165, 1.54) is 0 Å². The highest BCUT2D eigenvalue weighted by atomic mass is 79.9. The maximum Gasteiger partial charge on any atom is 0.313 e. The molecule has 0 N–H and O–H groups in total. The van der Waals surface area contributed by atoms with Crippen LogP contribution in [0.1, 0.15) is 19.9 Å². The first-order chi connectivity index (χ1) is 9.52. The fraction of sp³-hybridized carbons (Fsp3) is 0.286. The minimum absolute atomic E-state index is 0.0482. The molecule has 1 heterocycles. The van der Waals surface area contributed by atoms with E-state index in [0.717, 1.165) is 0 Å². The number of aromatic nitrogens is 2. The summed E-state index contributed by atoms with van der Waals surface area (Å²) < 4.78 is 13.0. The highest BCUT2D eigenvalue weighted by Crippen LogP contribution is 2.31. The van der Waals surface area contributed by atoms with Crippen LogP contribution in [0.15, 0.2) is 39.9 Å². The molecule has 6 heteroatoms. The zero-order valence-corrected chi connectivity index (χ0v) is 13.0. The van der Waals surface area contributed by atoms with Gasteiger partial charge in [0.15, 0.2) is 0 Å². The van der Waals surface area contributed by atoms with Crippen LogP contribution >= 0.6 is 15.9 Å². The summed E-state index contributed by atoms with van der Waals surface area (Å²) in [6, 6.07) is 5.28. The molecule has 106 valence electrons. The molecule has 0 aliphatic carbocycles. The SMILES string of the molecule is COc1ccc(Oc2nccn(C(C)C)c2=O)c(Br)c1. The van der Waals surface area contributed by atoms with Gasteiger partial charge in [0.25, 0.3) is 5.88 Å². The second-order valence-corrected chi connectivity index (χ2v) is 5.29. The van der Waals surface area contributed by atoms with Crippen molar-refractivity contribution in [2.24, 2.45) is 0 Å². The van der Waals surface area contributed by atoms with E-state index in [1.54, 1.807) is 42.3 Å². The van der Waals surface area contributed by atoms with Gasteiger partial charge in [0, 0.05) is 18.4 Å². The highest BCUT2D eigenvalue weighted by molar-refractivity contribution is 9.10.